The topological polar surface area (TPSA) is 21.3 Å². The Balaban J connectivity index is 1.66. The van der Waals surface area contributed by atoms with Crippen molar-refractivity contribution in [1.82, 2.24) is 5.32 Å². The summed E-state index contributed by atoms with van der Waals surface area (Å²) in [5.41, 5.74) is 2.95. The van der Waals surface area contributed by atoms with Gasteiger partial charge in [0.05, 0.1) is 12.1 Å². The fourth-order valence-electron chi connectivity index (χ4n) is 4.06. The van der Waals surface area contributed by atoms with Crippen molar-refractivity contribution in [2.24, 2.45) is 5.92 Å². The highest BCUT2D eigenvalue weighted by Crippen LogP contribution is 2.32. The Morgan fingerprint density at radius 2 is 1.86 bits per heavy atom. The summed E-state index contributed by atoms with van der Waals surface area (Å²) in [6, 6.07) is 9.23. The molecule has 0 radical (unpaired) electrons. The largest absolute Gasteiger partial charge is 0.376 e. The van der Waals surface area contributed by atoms with Gasteiger partial charge in [0.15, 0.2) is 0 Å². The van der Waals surface area contributed by atoms with E-state index < -0.39 is 0 Å². The van der Waals surface area contributed by atoms with Crippen molar-refractivity contribution in [2.45, 2.75) is 63.5 Å². The van der Waals surface area contributed by atoms with Crippen LogP contribution in [0.4, 0.5) is 0 Å². The Labute approximate surface area is 129 Å². The molecular weight excluding hydrogens is 258 g/mol. The van der Waals surface area contributed by atoms with Crippen LogP contribution in [-0.4, -0.2) is 19.8 Å². The van der Waals surface area contributed by atoms with Crippen LogP contribution >= 0.6 is 0 Å². The Morgan fingerprint density at radius 3 is 2.67 bits per heavy atom. The van der Waals surface area contributed by atoms with Crippen LogP contribution < -0.4 is 5.32 Å². The number of likely N-dealkylation sites (N-methyl/N-ethyl adjacent to an activating group) is 1. The van der Waals surface area contributed by atoms with E-state index in [2.05, 4.69) is 36.6 Å². The van der Waals surface area contributed by atoms with Crippen LogP contribution in [0, 0.1) is 5.92 Å². The smallest absolute Gasteiger partial charge is 0.0770 e. The molecule has 2 aliphatic carbocycles. The lowest BCUT2D eigenvalue weighted by Gasteiger charge is -2.29. The third-order valence-corrected chi connectivity index (χ3v) is 5.28. The number of benzene rings is 1. The maximum Gasteiger partial charge on any atom is 0.0770 e. The molecule has 21 heavy (non-hydrogen) atoms. The molecule has 1 saturated carbocycles. The first-order valence-corrected chi connectivity index (χ1v) is 8.75. The van der Waals surface area contributed by atoms with E-state index in [-0.39, 0.29) is 0 Å². The number of nitrogens with one attached hydrogen (secondary N) is 1. The van der Waals surface area contributed by atoms with Gasteiger partial charge in [0.25, 0.3) is 0 Å². The van der Waals surface area contributed by atoms with Gasteiger partial charge in [-0.25, -0.2) is 0 Å². The minimum absolute atomic E-state index is 0.334. The average Bonchev–Trinajstić information content (AvgIpc) is 2.72. The van der Waals surface area contributed by atoms with E-state index >= 15 is 0 Å². The van der Waals surface area contributed by atoms with E-state index in [1.165, 1.54) is 62.5 Å². The first-order valence-electron chi connectivity index (χ1n) is 8.75. The van der Waals surface area contributed by atoms with Gasteiger partial charge in [0.1, 0.15) is 0 Å². The molecule has 2 nitrogen and oxygen atoms in total. The van der Waals surface area contributed by atoms with Crippen molar-refractivity contribution in [3.05, 3.63) is 35.4 Å². The van der Waals surface area contributed by atoms with Crippen LogP contribution in [-0.2, 0) is 11.2 Å². The maximum absolute atomic E-state index is 6.40. The number of rotatable bonds is 4. The maximum atomic E-state index is 6.40. The minimum atomic E-state index is 0.334. The van der Waals surface area contributed by atoms with Gasteiger partial charge >= 0.3 is 0 Å². The lowest BCUT2D eigenvalue weighted by atomic mass is 9.90. The zero-order chi connectivity index (χ0) is 14.5. The number of hydrogen-bond donors (Lipinski definition) is 1. The van der Waals surface area contributed by atoms with Crippen molar-refractivity contribution >= 4 is 0 Å². The second-order valence-electron chi connectivity index (χ2n) is 6.73. The van der Waals surface area contributed by atoms with Crippen LogP contribution in [0.25, 0.3) is 0 Å². The lowest BCUT2D eigenvalue weighted by Crippen LogP contribution is -2.33. The molecule has 2 aliphatic rings. The summed E-state index contributed by atoms with van der Waals surface area (Å²) in [5, 5.41) is 3.51. The standard InChI is InChI=1S/C19H29NO/c1-20-19-17-12-6-5-10-16(17)11-7-13-18(19)21-14-15-8-3-2-4-9-15/h5-6,10,12,15,18-20H,2-4,7-9,11,13-14H2,1H3. The zero-order valence-corrected chi connectivity index (χ0v) is 13.3. The molecule has 1 aromatic carbocycles. The summed E-state index contributed by atoms with van der Waals surface area (Å²) in [5.74, 6) is 0.801. The van der Waals surface area contributed by atoms with E-state index in [1.807, 2.05) is 0 Å². The van der Waals surface area contributed by atoms with Gasteiger partial charge in [-0.3, -0.25) is 0 Å². The van der Waals surface area contributed by atoms with Crippen LogP contribution in [0.15, 0.2) is 24.3 Å². The second kappa shape index (κ2) is 7.42. The third kappa shape index (κ3) is 3.67. The first-order chi connectivity index (χ1) is 10.4. The van der Waals surface area contributed by atoms with E-state index in [0.717, 1.165) is 12.5 Å². The summed E-state index contributed by atoms with van der Waals surface area (Å²) in [4.78, 5) is 0. The Morgan fingerprint density at radius 1 is 1.05 bits per heavy atom. The van der Waals surface area contributed by atoms with Gasteiger partial charge in [0.2, 0.25) is 0 Å². The lowest BCUT2D eigenvalue weighted by molar-refractivity contribution is -0.00387. The second-order valence-corrected chi connectivity index (χ2v) is 6.73. The molecule has 3 rings (SSSR count). The molecule has 1 N–H and O–H groups in total. The van der Waals surface area contributed by atoms with Gasteiger partial charge in [-0.1, -0.05) is 43.5 Å². The van der Waals surface area contributed by atoms with Gasteiger partial charge in [0, 0.05) is 6.61 Å². The van der Waals surface area contributed by atoms with Crippen molar-refractivity contribution < 1.29 is 4.74 Å². The van der Waals surface area contributed by atoms with E-state index in [1.54, 1.807) is 0 Å². The number of hydrogen-bond acceptors (Lipinski definition) is 2. The summed E-state index contributed by atoms with van der Waals surface area (Å²) in [6.07, 6.45) is 10.9. The molecule has 2 heteroatoms. The average molecular weight is 287 g/mol. The van der Waals surface area contributed by atoms with Gasteiger partial charge < -0.3 is 10.1 Å². The fourth-order valence-corrected chi connectivity index (χ4v) is 4.06. The molecule has 2 unspecified atom stereocenters. The van der Waals surface area contributed by atoms with Gasteiger partial charge in [-0.15, -0.1) is 0 Å². The van der Waals surface area contributed by atoms with Gasteiger partial charge in [-0.05, 0) is 56.2 Å². The number of aryl methyl sites for hydroxylation is 1. The SMILES string of the molecule is CNC1c2ccccc2CCCC1OCC1CCCCC1. The third-order valence-electron chi connectivity index (χ3n) is 5.28. The summed E-state index contributed by atoms with van der Waals surface area (Å²) in [7, 11) is 2.07. The molecule has 0 heterocycles. The number of fused-ring (bicyclic) bond motifs is 1. The Kier molecular flexibility index (Phi) is 5.32. The van der Waals surface area contributed by atoms with Crippen molar-refractivity contribution in [1.29, 1.82) is 0 Å². The molecule has 116 valence electrons. The molecule has 0 bridgehead atoms. The van der Waals surface area contributed by atoms with Crippen LogP contribution in [0.2, 0.25) is 0 Å². The van der Waals surface area contributed by atoms with Crippen LogP contribution in [0.3, 0.4) is 0 Å². The summed E-state index contributed by atoms with van der Waals surface area (Å²) in [6.45, 7) is 0.963. The molecule has 0 aromatic heterocycles. The summed E-state index contributed by atoms with van der Waals surface area (Å²) < 4.78 is 6.40. The first kappa shape index (κ1) is 15.1. The van der Waals surface area contributed by atoms with E-state index in [0.29, 0.717) is 12.1 Å². The molecule has 0 aliphatic heterocycles. The van der Waals surface area contributed by atoms with E-state index in [9.17, 15) is 0 Å². The predicted octanol–water partition coefficient (Wildman–Crippen LogP) is 4.25. The fraction of sp³-hybridized carbons (Fsp3) is 0.684. The molecule has 0 saturated heterocycles. The summed E-state index contributed by atoms with van der Waals surface area (Å²) >= 11 is 0. The molecular formula is C19H29NO. The predicted molar refractivity (Wildman–Crippen MR) is 87.5 cm³/mol. The number of ether oxygens (including phenoxy) is 1. The van der Waals surface area contributed by atoms with E-state index in [4.69, 9.17) is 4.74 Å². The van der Waals surface area contributed by atoms with Crippen molar-refractivity contribution in [3.63, 3.8) is 0 Å². The van der Waals surface area contributed by atoms with Crippen LogP contribution in [0.5, 0.6) is 0 Å². The van der Waals surface area contributed by atoms with Crippen molar-refractivity contribution in [2.75, 3.05) is 13.7 Å². The zero-order valence-electron chi connectivity index (χ0n) is 13.3. The monoisotopic (exact) mass is 287 g/mol. The van der Waals surface area contributed by atoms with Crippen molar-refractivity contribution in [3.8, 4) is 0 Å². The normalized spacial score (nSPS) is 27.1. The van der Waals surface area contributed by atoms with Gasteiger partial charge in [-0.2, -0.15) is 0 Å². The Bertz CT molecular complexity index is 439. The molecule has 0 amide bonds. The molecule has 1 aromatic rings. The minimum Gasteiger partial charge on any atom is -0.376 e. The molecule has 0 spiro atoms. The quantitative estimate of drug-likeness (QED) is 0.836. The van der Waals surface area contributed by atoms with Crippen LogP contribution in [0.1, 0.15) is 62.1 Å². The highest BCUT2D eigenvalue weighted by molar-refractivity contribution is 5.32. The molecule has 2 atom stereocenters. The highest BCUT2D eigenvalue weighted by Gasteiger charge is 2.28. The highest BCUT2D eigenvalue weighted by atomic mass is 16.5. The Hall–Kier alpha value is -0.860. The molecule has 1 fully saturated rings.